The third-order valence-electron chi connectivity index (χ3n) is 4.53. The van der Waals surface area contributed by atoms with Gasteiger partial charge in [0, 0.05) is 29.1 Å². The highest BCUT2D eigenvalue weighted by atomic mass is 32.2. The van der Waals surface area contributed by atoms with E-state index in [2.05, 4.69) is 40.3 Å². The summed E-state index contributed by atoms with van der Waals surface area (Å²) in [7, 11) is -13.3. The Hall–Kier alpha value is -2.93. The smallest absolute Gasteiger partial charge is 0.295 e. The maximum Gasteiger partial charge on any atom is 0.295 e. The molecule has 0 bridgehead atoms. The molecule has 1 aromatic heterocycles. The molecule has 0 atom stereocenters. The Kier molecular flexibility index (Phi) is 9.81. The van der Waals surface area contributed by atoms with Crippen molar-refractivity contribution in [3.8, 4) is 0 Å². The fourth-order valence-electron chi connectivity index (χ4n) is 3.04. The van der Waals surface area contributed by atoms with Gasteiger partial charge in [-0.25, -0.2) is 5.26 Å². The molecule has 0 aliphatic heterocycles. The maximum absolute atomic E-state index is 11.9. The number of anilines is 4. The van der Waals surface area contributed by atoms with Crippen molar-refractivity contribution in [3.05, 3.63) is 30.3 Å². The first-order valence-electron chi connectivity index (χ1n) is 10.2. The quantitative estimate of drug-likeness (QED) is 0.0568. The van der Waals surface area contributed by atoms with Crippen LogP contribution in [0.3, 0.4) is 0 Å². The Bertz CT molecular complexity index is 1610. The molecule has 0 spiro atoms. The summed E-state index contributed by atoms with van der Waals surface area (Å²) in [5.74, 6) is -2.02. The summed E-state index contributed by atoms with van der Waals surface area (Å²) in [5, 5.41) is 20.3. The van der Waals surface area contributed by atoms with E-state index in [0.29, 0.717) is 12.0 Å². The third kappa shape index (κ3) is 9.64. The number of hydrogen-bond acceptors (Lipinski definition) is 16. The Balaban J connectivity index is 2.02. The topological polar surface area (TPSA) is 277 Å². The van der Waals surface area contributed by atoms with E-state index in [0.717, 1.165) is 6.07 Å². The lowest BCUT2D eigenvalue weighted by Crippen LogP contribution is -2.19. The Morgan fingerprint density at radius 1 is 0.795 bits per heavy atom. The van der Waals surface area contributed by atoms with Crippen LogP contribution in [0.1, 0.15) is 0 Å². The van der Waals surface area contributed by atoms with Crippen LogP contribution in [0.2, 0.25) is 0 Å². The van der Waals surface area contributed by atoms with Crippen LogP contribution in [0.15, 0.2) is 40.1 Å². The number of hydrogen-bond donors (Lipinski definition) is 7. The molecule has 0 saturated heterocycles. The predicted octanol–water partition coefficient (Wildman–Crippen LogP) is 1.04. The molecule has 22 heteroatoms. The van der Waals surface area contributed by atoms with Gasteiger partial charge in [-0.1, -0.05) is 17.2 Å². The average Bonchev–Trinajstić information content (AvgIpc) is 2.80. The molecule has 0 fully saturated rings. The van der Waals surface area contributed by atoms with Crippen LogP contribution >= 0.6 is 12.0 Å². The van der Waals surface area contributed by atoms with E-state index < -0.39 is 46.8 Å². The minimum Gasteiger partial charge on any atom is -0.353 e. The summed E-state index contributed by atoms with van der Waals surface area (Å²) in [6, 6.07) is 6.76. The lowest BCUT2D eigenvalue weighted by Gasteiger charge is -2.13. The van der Waals surface area contributed by atoms with Crippen molar-refractivity contribution >= 4 is 76.7 Å². The van der Waals surface area contributed by atoms with Crippen molar-refractivity contribution in [3.63, 3.8) is 0 Å². The van der Waals surface area contributed by atoms with Gasteiger partial charge in [-0.3, -0.25) is 13.7 Å². The second-order valence-electron chi connectivity index (χ2n) is 7.38. The number of benzene rings is 2. The van der Waals surface area contributed by atoms with E-state index in [1.165, 1.54) is 24.3 Å². The molecular formula is C17H20N6O12S4. The van der Waals surface area contributed by atoms with Crippen LogP contribution in [0.5, 0.6) is 0 Å². The van der Waals surface area contributed by atoms with E-state index in [1.807, 2.05) is 0 Å². The SMILES string of the molecule is O=S(=O)(O)CCNc1nc(NCCS(=O)(=O)O)nc(Nc2cc(SOOO)c3cccc(S(=O)(=O)O)c3c2)n1. The molecule has 3 aromatic rings. The van der Waals surface area contributed by atoms with Crippen LogP contribution in [0.4, 0.5) is 23.5 Å². The second-order valence-corrected chi connectivity index (χ2v) is 12.7. The minimum absolute atomic E-state index is 0.0288. The minimum atomic E-state index is -4.67. The Labute approximate surface area is 225 Å². The van der Waals surface area contributed by atoms with Crippen molar-refractivity contribution in [2.45, 2.75) is 9.79 Å². The summed E-state index contributed by atoms with van der Waals surface area (Å²) in [4.78, 5) is 11.8. The van der Waals surface area contributed by atoms with Crippen LogP contribution in [-0.2, 0) is 39.7 Å². The first kappa shape index (κ1) is 30.6. The highest BCUT2D eigenvalue weighted by molar-refractivity contribution is 7.94. The lowest BCUT2D eigenvalue weighted by molar-refractivity contribution is -0.432. The van der Waals surface area contributed by atoms with E-state index in [1.54, 1.807) is 0 Å². The van der Waals surface area contributed by atoms with Crippen molar-refractivity contribution in [2.24, 2.45) is 0 Å². The lowest BCUT2D eigenvalue weighted by atomic mass is 10.1. The summed E-state index contributed by atoms with van der Waals surface area (Å²) >= 11 is 0.499. The predicted molar refractivity (Wildman–Crippen MR) is 137 cm³/mol. The van der Waals surface area contributed by atoms with Crippen molar-refractivity contribution in [1.29, 1.82) is 0 Å². The molecule has 0 aliphatic rings. The van der Waals surface area contributed by atoms with Crippen molar-refractivity contribution < 1.29 is 53.5 Å². The normalized spacial score (nSPS) is 12.4. The molecule has 1 heterocycles. The van der Waals surface area contributed by atoms with Gasteiger partial charge in [0.15, 0.2) is 0 Å². The maximum atomic E-state index is 11.9. The van der Waals surface area contributed by atoms with Crippen LogP contribution < -0.4 is 16.0 Å². The number of nitrogens with zero attached hydrogens (tertiary/aromatic N) is 3. The second kappa shape index (κ2) is 12.5. The van der Waals surface area contributed by atoms with Gasteiger partial charge in [0.2, 0.25) is 17.8 Å². The summed E-state index contributed by atoms with van der Waals surface area (Å²) in [5.41, 5.74) is 0.126. The van der Waals surface area contributed by atoms with E-state index in [4.69, 9.17) is 14.4 Å². The van der Waals surface area contributed by atoms with Gasteiger partial charge < -0.3 is 16.0 Å². The van der Waals surface area contributed by atoms with Crippen LogP contribution in [-0.4, -0.2) is 83.7 Å². The molecule has 7 N–H and O–H groups in total. The zero-order valence-electron chi connectivity index (χ0n) is 19.2. The third-order valence-corrected chi connectivity index (χ3v) is 7.53. The Morgan fingerprint density at radius 2 is 1.36 bits per heavy atom. The molecule has 0 radical (unpaired) electrons. The average molecular weight is 629 g/mol. The first-order chi connectivity index (χ1) is 18.1. The molecule has 0 aliphatic carbocycles. The number of nitrogens with one attached hydrogen (secondary N) is 3. The molecule has 2 aromatic carbocycles. The molecule has 0 amide bonds. The van der Waals surface area contributed by atoms with E-state index >= 15 is 0 Å². The van der Waals surface area contributed by atoms with Crippen LogP contribution in [0, 0.1) is 0 Å². The fraction of sp³-hybridized carbons (Fsp3) is 0.235. The van der Waals surface area contributed by atoms with Gasteiger partial charge in [-0.05, 0) is 23.6 Å². The first-order valence-corrected chi connectivity index (χ1v) is 15.6. The molecular weight excluding hydrogens is 608 g/mol. The van der Waals surface area contributed by atoms with Gasteiger partial charge in [-0.2, -0.15) is 40.2 Å². The van der Waals surface area contributed by atoms with Gasteiger partial charge >= 0.3 is 0 Å². The standard InChI is InChI=1S/C17H20N6O12S4/c24-34-35-36-13-9-10(8-12-11(13)2-1-3-14(12)39(31,32)33)20-17-22-15(18-4-6-37(25,26)27)21-16(23-17)19-5-7-38(28,29)30/h1-3,8-9,24H,4-7H2,(H,25,26,27)(H,28,29,30)(H,31,32,33)(H3,18,19,20,21,22,23). The Morgan fingerprint density at radius 3 is 1.87 bits per heavy atom. The molecule has 3 rings (SSSR count). The van der Waals surface area contributed by atoms with E-state index in [9.17, 15) is 29.8 Å². The zero-order valence-corrected chi connectivity index (χ0v) is 22.5. The largest absolute Gasteiger partial charge is 0.353 e. The highest BCUT2D eigenvalue weighted by Crippen LogP contribution is 2.36. The molecule has 0 unspecified atom stereocenters. The van der Waals surface area contributed by atoms with Gasteiger partial charge in [0.1, 0.15) is 4.90 Å². The summed E-state index contributed by atoms with van der Waals surface area (Å²) in [6.45, 7) is -0.639. The molecule has 39 heavy (non-hydrogen) atoms. The monoisotopic (exact) mass is 628 g/mol. The van der Waals surface area contributed by atoms with Gasteiger partial charge in [-0.15, -0.1) is 4.33 Å². The van der Waals surface area contributed by atoms with Crippen molar-refractivity contribution in [2.75, 3.05) is 40.5 Å². The van der Waals surface area contributed by atoms with Crippen molar-refractivity contribution in [1.82, 2.24) is 15.0 Å². The van der Waals surface area contributed by atoms with Gasteiger partial charge in [0.25, 0.3) is 30.4 Å². The number of aromatic nitrogens is 3. The zero-order chi connectivity index (χ0) is 28.8. The number of fused-ring (bicyclic) bond motifs is 1. The molecule has 18 nitrogen and oxygen atoms in total. The van der Waals surface area contributed by atoms with Crippen LogP contribution in [0.25, 0.3) is 10.8 Å². The molecule has 0 saturated carbocycles. The fourth-order valence-corrected chi connectivity index (χ4v) is 5.01. The summed E-state index contributed by atoms with van der Waals surface area (Å²) < 4.78 is 99.9. The summed E-state index contributed by atoms with van der Waals surface area (Å²) in [6.07, 6.45) is 0. The highest BCUT2D eigenvalue weighted by Gasteiger charge is 2.18. The molecule has 214 valence electrons. The van der Waals surface area contributed by atoms with E-state index in [-0.39, 0.29) is 52.3 Å². The van der Waals surface area contributed by atoms with Gasteiger partial charge in [0.05, 0.1) is 23.5 Å². The number of rotatable bonds is 14.